The van der Waals surface area contributed by atoms with Crippen LogP contribution >= 0.6 is 0 Å². The van der Waals surface area contributed by atoms with Crippen molar-refractivity contribution in [1.29, 1.82) is 0 Å². The molecule has 2 fully saturated rings. The molecule has 0 amide bonds. The lowest BCUT2D eigenvalue weighted by Gasteiger charge is -2.41. The molecule has 0 radical (unpaired) electrons. The third-order valence-electron chi connectivity index (χ3n) is 6.27. The van der Waals surface area contributed by atoms with Crippen molar-refractivity contribution in [2.24, 2.45) is 17.3 Å². The van der Waals surface area contributed by atoms with Crippen molar-refractivity contribution in [2.45, 2.75) is 91.7 Å². The molecule has 0 bridgehead atoms. The molecular formula is C17H33BO2. The van der Waals surface area contributed by atoms with Gasteiger partial charge in [-0.1, -0.05) is 33.6 Å². The molecule has 2 rings (SSSR count). The second kappa shape index (κ2) is 5.32. The summed E-state index contributed by atoms with van der Waals surface area (Å²) < 4.78 is 12.2. The smallest absolute Gasteiger partial charge is 0.403 e. The summed E-state index contributed by atoms with van der Waals surface area (Å²) in [5.74, 6) is 1.70. The van der Waals surface area contributed by atoms with Gasteiger partial charge in [0, 0.05) is 0 Å². The Labute approximate surface area is 126 Å². The summed E-state index contributed by atoms with van der Waals surface area (Å²) in [6.45, 7) is 15.8. The minimum atomic E-state index is -0.183. The quantitative estimate of drug-likeness (QED) is 0.682. The summed E-state index contributed by atoms with van der Waals surface area (Å²) in [4.78, 5) is 0. The highest BCUT2D eigenvalue weighted by atomic mass is 16.7. The van der Waals surface area contributed by atoms with Gasteiger partial charge in [-0.25, -0.2) is 0 Å². The van der Waals surface area contributed by atoms with Crippen molar-refractivity contribution in [1.82, 2.24) is 0 Å². The summed E-state index contributed by atoms with van der Waals surface area (Å²) in [5, 5.41) is 0. The van der Waals surface area contributed by atoms with Gasteiger partial charge in [0.1, 0.15) is 0 Å². The lowest BCUT2D eigenvalue weighted by Crippen LogP contribution is -2.41. The van der Waals surface area contributed by atoms with E-state index >= 15 is 0 Å². The molecule has 0 aromatic rings. The van der Waals surface area contributed by atoms with Crippen LogP contribution in [0.1, 0.15) is 74.1 Å². The third kappa shape index (κ3) is 3.25. The molecule has 1 saturated heterocycles. The van der Waals surface area contributed by atoms with Crippen molar-refractivity contribution in [2.75, 3.05) is 0 Å². The minimum Gasteiger partial charge on any atom is -0.403 e. The largest absolute Gasteiger partial charge is 0.457 e. The van der Waals surface area contributed by atoms with Crippen LogP contribution in [-0.4, -0.2) is 18.3 Å². The van der Waals surface area contributed by atoms with Crippen molar-refractivity contribution < 1.29 is 9.31 Å². The first kappa shape index (κ1) is 16.4. The topological polar surface area (TPSA) is 18.5 Å². The van der Waals surface area contributed by atoms with Crippen LogP contribution in [0.5, 0.6) is 0 Å². The van der Waals surface area contributed by atoms with Crippen LogP contribution in [0.3, 0.4) is 0 Å². The molecule has 1 aliphatic heterocycles. The van der Waals surface area contributed by atoms with Gasteiger partial charge in [0.15, 0.2) is 0 Å². The van der Waals surface area contributed by atoms with Gasteiger partial charge in [0.25, 0.3) is 0 Å². The standard InChI is InChI=1S/C17H33BO2/c1-13-8-9-14(12-15(13,2)3)10-11-18-19-16(4,5)17(6,7)20-18/h13-14H,8-12H2,1-7H3/t13-,14-/m0/s1. The summed E-state index contributed by atoms with van der Waals surface area (Å²) in [7, 11) is -0.0116. The Hall–Kier alpha value is -0.0151. The molecule has 1 saturated carbocycles. The van der Waals surface area contributed by atoms with Crippen molar-refractivity contribution >= 4 is 7.12 Å². The molecule has 20 heavy (non-hydrogen) atoms. The van der Waals surface area contributed by atoms with Crippen LogP contribution < -0.4 is 0 Å². The summed E-state index contributed by atoms with van der Waals surface area (Å²) in [5.41, 5.74) is 0.134. The Balaban J connectivity index is 1.83. The predicted octanol–water partition coefficient (Wildman–Crippen LogP) is 4.93. The Kier molecular flexibility index (Phi) is 4.35. The number of rotatable bonds is 3. The molecule has 3 heteroatoms. The van der Waals surface area contributed by atoms with Crippen molar-refractivity contribution in [3.8, 4) is 0 Å². The molecule has 1 aliphatic carbocycles. The Bertz CT molecular complexity index is 333. The zero-order valence-electron chi connectivity index (χ0n) is 14.6. The third-order valence-corrected chi connectivity index (χ3v) is 6.27. The fourth-order valence-electron chi connectivity index (χ4n) is 3.62. The highest BCUT2D eigenvalue weighted by molar-refractivity contribution is 6.45. The molecule has 2 aliphatic rings. The maximum Gasteiger partial charge on any atom is 0.457 e. The van der Waals surface area contributed by atoms with Gasteiger partial charge >= 0.3 is 7.12 Å². The van der Waals surface area contributed by atoms with E-state index in [1.807, 2.05) is 0 Å². The fourth-order valence-corrected chi connectivity index (χ4v) is 3.62. The van der Waals surface area contributed by atoms with Gasteiger partial charge in [-0.05, 0) is 64.1 Å². The average molecular weight is 280 g/mol. The molecule has 1 heterocycles. The van der Waals surface area contributed by atoms with E-state index in [4.69, 9.17) is 9.31 Å². The number of hydrogen-bond donors (Lipinski definition) is 0. The van der Waals surface area contributed by atoms with Crippen LogP contribution in [0, 0.1) is 17.3 Å². The molecule has 2 nitrogen and oxygen atoms in total. The van der Waals surface area contributed by atoms with Gasteiger partial charge in [-0.2, -0.15) is 0 Å². The molecule has 0 spiro atoms. The summed E-state index contributed by atoms with van der Waals surface area (Å²) in [6.07, 6.45) is 6.40. The second-order valence-electron chi connectivity index (χ2n) is 8.80. The van der Waals surface area contributed by atoms with E-state index < -0.39 is 0 Å². The minimum absolute atomic E-state index is 0.0116. The Morgan fingerprint density at radius 3 is 2.00 bits per heavy atom. The maximum atomic E-state index is 6.11. The van der Waals surface area contributed by atoms with Crippen molar-refractivity contribution in [3.05, 3.63) is 0 Å². The molecule has 0 aromatic carbocycles. The fraction of sp³-hybridized carbons (Fsp3) is 1.00. The van der Waals surface area contributed by atoms with Gasteiger partial charge in [-0.15, -0.1) is 0 Å². The van der Waals surface area contributed by atoms with Gasteiger partial charge < -0.3 is 9.31 Å². The van der Waals surface area contributed by atoms with E-state index in [0.29, 0.717) is 5.41 Å². The van der Waals surface area contributed by atoms with Gasteiger partial charge in [0.2, 0.25) is 0 Å². The first-order valence-electron chi connectivity index (χ1n) is 8.39. The first-order valence-corrected chi connectivity index (χ1v) is 8.39. The lowest BCUT2D eigenvalue weighted by atomic mass is 9.63. The van der Waals surface area contributed by atoms with E-state index in [-0.39, 0.29) is 18.3 Å². The SMILES string of the molecule is C[C@H]1CC[C@@H](CCB2OC(C)(C)C(C)(C)O2)CC1(C)C. The maximum absolute atomic E-state index is 6.11. The normalized spacial score (nSPS) is 35.2. The van der Waals surface area contributed by atoms with Gasteiger partial charge in [0.05, 0.1) is 11.2 Å². The molecule has 2 atom stereocenters. The number of hydrogen-bond acceptors (Lipinski definition) is 2. The molecule has 0 N–H and O–H groups in total. The molecular weight excluding hydrogens is 247 g/mol. The van der Waals surface area contributed by atoms with E-state index in [1.165, 1.54) is 25.7 Å². The van der Waals surface area contributed by atoms with Crippen molar-refractivity contribution in [3.63, 3.8) is 0 Å². The predicted molar refractivity (Wildman–Crippen MR) is 85.8 cm³/mol. The summed E-state index contributed by atoms with van der Waals surface area (Å²) in [6, 6.07) is 0. The second-order valence-corrected chi connectivity index (χ2v) is 8.80. The van der Waals surface area contributed by atoms with E-state index in [2.05, 4.69) is 48.5 Å². The van der Waals surface area contributed by atoms with Crippen LogP contribution in [0.4, 0.5) is 0 Å². The van der Waals surface area contributed by atoms with Gasteiger partial charge in [-0.3, -0.25) is 0 Å². The Morgan fingerprint density at radius 1 is 0.950 bits per heavy atom. The molecule has 0 aromatic heterocycles. The molecule has 0 unspecified atom stereocenters. The van der Waals surface area contributed by atoms with E-state index in [1.54, 1.807) is 0 Å². The van der Waals surface area contributed by atoms with E-state index in [9.17, 15) is 0 Å². The Morgan fingerprint density at radius 2 is 1.50 bits per heavy atom. The van der Waals surface area contributed by atoms with Crippen LogP contribution in [0.15, 0.2) is 0 Å². The lowest BCUT2D eigenvalue weighted by molar-refractivity contribution is 0.00578. The first-order chi connectivity index (χ1) is 9.03. The zero-order valence-corrected chi connectivity index (χ0v) is 14.6. The van der Waals surface area contributed by atoms with Crippen LogP contribution in [0.25, 0.3) is 0 Å². The monoisotopic (exact) mass is 280 g/mol. The van der Waals surface area contributed by atoms with Crippen LogP contribution in [-0.2, 0) is 9.31 Å². The van der Waals surface area contributed by atoms with Crippen LogP contribution in [0.2, 0.25) is 6.32 Å². The van der Waals surface area contributed by atoms with E-state index in [0.717, 1.165) is 18.2 Å². The summed E-state index contributed by atoms with van der Waals surface area (Å²) >= 11 is 0. The average Bonchev–Trinajstić information content (AvgIpc) is 2.49. The highest BCUT2D eigenvalue weighted by Crippen LogP contribution is 2.45. The highest BCUT2D eigenvalue weighted by Gasteiger charge is 2.50. The zero-order chi connectivity index (χ0) is 15.2. The molecule has 116 valence electrons.